The highest BCUT2D eigenvalue weighted by molar-refractivity contribution is 6.42. The van der Waals surface area contributed by atoms with E-state index in [1.807, 2.05) is 6.92 Å². The van der Waals surface area contributed by atoms with Gasteiger partial charge >= 0.3 is 6.03 Å². The molecule has 0 spiro atoms. The van der Waals surface area contributed by atoms with Gasteiger partial charge in [0.05, 0.1) is 28.9 Å². The Morgan fingerprint density at radius 2 is 1.62 bits per heavy atom. The third-order valence-electron chi connectivity index (χ3n) is 5.92. The van der Waals surface area contributed by atoms with Crippen LogP contribution < -0.4 is 24.4 Å². The summed E-state index contributed by atoms with van der Waals surface area (Å²) < 4.78 is 17.3. The quantitative estimate of drug-likeness (QED) is 0.151. The summed E-state index contributed by atoms with van der Waals surface area (Å²) >= 11 is 12.1. The number of halogens is 2. The fraction of sp³-hybridized carbons (Fsp3) is 0.233. The van der Waals surface area contributed by atoms with Crippen LogP contribution in [-0.4, -0.2) is 31.1 Å². The number of carbonyl (C=O) groups excluding carboxylic acids is 3. The molecule has 4 amide bonds. The van der Waals surface area contributed by atoms with Crippen LogP contribution >= 0.6 is 23.2 Å². The van der Waals surface area contributed by atoms with Crippen molar-refractivity contribution in [2.75, 3.05) is 18.1 Å². The van der Waals surface area contributed by atoms with E-state index in [0.29, 0.717) is 51.8 Å². The van der Waals surface area contributed by atoms with E-state index in [-0.39, 0.29) is 12.2 Å². The molecule has 0 aliphatic carbocycles. The monoisotopic (exact) mass is 582 g/mol. The van der Waals surface area contributed by atoms with Gasteiger partial charge < -0.3 is 14.2 Å². The summed E-state index contributed by atoms with van der Waals surface area (Å²) in [4.78, 5) is 39.4. The van der Waals surface area contributed by atoms with Crippen LogP contribution in [0.1, 0.15) is 37.8 Å². The normalized spacial score (nSPS) is 14.3. The number of hydrogen-bond acceptors (Lipinski definition) is 6. The Kier molecular flexibility index (Phi) is 9.69. The van der Waals surface area contributed by atoms with Crippen molar-refractivity contribution in [1.29, 1.82) is 0 Å². The lowest BCUT2D eigenvalue weighted by atomic mass is 10.1. The van der Waals surface area contributed by atoms with Crippen LogP contribution in [0.2, 0.25) is 10.0 Å². The van der Waals surface area contributed by atoms with Gasteiger partial charge in [0, 0.05) is 0 Å². The van der Waals surface area contributed by atoms with Crippen LogP contribution in [0.15, 0.2) is 66.2 Å². The number of barbiturate groups is 1. The molecule has 1 heterocycles. The van der Waals surface area contributed by atoms with Crippen LogP contribution in [0.25, 0.3) is 6.08 Å². The van der Waals surface area contributed by atoms with E-state index in [4.69, 9.17) is 37.4 Å². The third kappa shape index (κ3) is 6.94. The van der Waals surface area contributed by atoms with E-state index >= 15 is 0 Å². The smallest absolute Gasteiger partial charge is 0.335 e. The molecule has 208 valence electrons. The van der Waals surface area contributed by atoms with Crippen LogP contribution in [-0.2, 0) is 16.2 Å². The van der Waals surface area contributed by atoms with Crippen LogP contribution in [0, 0.1) is 0 Å². The summed E-state index contributed by atoms with van der Waals surface area (Å²) in [6.45, 7) is 5.05. The largest absolute Gasteiger partial charge is 0.494 e. The number of nitrogens with one attached hydrogen (secondary N) is 1. The first-order valence-electron chi connectivity index (χ1n) is 12.8. The molecule has 10 heteroatoms. The summed E-state index contributed by atoms with van der Waals surface area (Å²) in [5.41, 5.74) is 1.44. The summed E-state index contributed by atoms with van der Waals surface area (Å²) in [7, 11) is 0. The lowest BCUT2D eigenvalue weighted by molar-refractivity contribution is -0.122. The molecule has 3 aromatic rings. The van der Waals surface area contributed by atoms with Crippen molar-refractivity contribution in [2.45, 2.75) is 33.3 Å². The molecule has 1 aliphatic rings. The van der Waals surface area contributed by atoms with Crippen molar-refractivity contribution >= 4 is 52.8 Å². The molecule has 1 fully saturated rings. The van der Waals surface area contributed by atoms with E-state index < -0.39 is 17.8 Å². The van der Waals surface area contributed by atoms with Crippen LogP contribution in [0.5, 0.6) is 17.2 Å². The lowest BCUT2D eigenvalue weighted by Crippen LogP contribution is -2.54. The van der Waals surface area contributed by atoms with Gasteiger partial charge in [-0.2, -0.15) is 0 Å². The second-order valence-electron chi connectivity index (χ2n) is 8.83. The predicted molar refractivity (Wildman–Crippen MR) is 154 cm³/mol. The van der Waals surface area contributed by atoms with Gasteiger partial charge in [-0.05, 0) is 79.1 Å². The molecule has 1 aliphatic heterocycles. The van der Waals surface area contributed by atoms with Crippen LogP contribution in [0.4, 0.5) is 10.5 Å². The molecule has 4 rings (SSSR count). The molecule has 0 atom stereocenters. The van der Waals surface area contributed by atoms with Crippen molar-refractivity contribution < 1.29 is 28.6 Å². The maximum absolute atomic E-state index is 13.3. The number of hydrogen-bond donors (Lipinski definition) is 1. The fourth-order valence-electron chi connectivity index (χ4n) is 3.88. The van der Waals surface area contributed by atoms with E-state index in [1.54, 1.807) is 60.7 Å². The Hall–Kier alpha value is -4.01. The topological polar surface area (TPSA) is 94.2 Å². The van der Waals surface area contributed by atoms with E-state index in [2.05, 4.69) is 12.2 Å². The van der Waals surface area contributed by atoms with Gasteiger partial charge in [-0.25, -0.2) is 9.69 Å². The van der Waals surface area contributed by atoms with Crippen LogP contribution in [0.3, 0.4) is 0 Å². The average Bonchev–Trinajstić information content (AvgIpc) is 2.93. The van der Waals surface area contributed by atoms with Crippen molar-refractivity contribution in [3.63, 3.8) is 0 Å². The van der Waals surface area contributed by atoms with E-state index in [9.17, 15) is 14.4 Å². The Bertz CT molecular complexity index is 1440. The Labute approximate surface area is 242 Å². The number of imide groups is 2. The zero-order valence-corrected chi connectivity index (χ0v) is 23.6. The fourth-order valence-corrected chi connectivity index (χ4v) is 4.20. The number of anilines is 1. The highest BCUT2D eigenvalue weighted by Gasteiger charge is 2.36. The van der Waals surface area contributed by atoms with Crippen molar-refractivity contribution in [3.8, 4) is 17.2 Å². The third-order valence-corrected chi connectivity index (χ3v) is 6.66. The van der Waals surface area contributed by atoms with Gasteiger partial charge in [0.2, 0.25) is 0 Å². The molecule has 0 unspecified atom stereocenters. The summed E-state index contributed by atoms with van der Waals surface area (Å²) in [5.74, 6) is -0.0199. The summed E-state index contributed by atoms with van der Waals surface area (Å²) in [5, 5.41) is 3.11. The zero-order valence-electron chi connectivity index (χ0n) is 22.0. The number of ether oxygens (including phenoxy) is 3. The first-order chi connectivity index (χ1) is 19.3. The summed E-state index contributed by atoms with van der Waals surface area (Å²) in [6.07, 6.45) is 3.33. The van der Waals surface area contributed by atoms with Crippen molar-refractivity contribution in [3.05, 3.63) is 87.4 Å². The molecule has 0 saturated carbocycles. The van der Waals surface area contributed by atoms with Gasteiger partial charge in [0.25, 0.3) is 11.8 Å². The second kappa shape index (κ2) is 13.4. The number of urea groups is 1. The molecule has 8 nitrogen and oxygen atoms in total. The SMILES string of the molecule is CCCCOc1ccc(N2C(=O)NC(=O)/C(=C/c3ccc(OCc4ccc(Cl)c(Cl)c4)c(OCC)c3)C2=O)cc1. The lowest BCUT2D eigenvalue weighted by Gasteiger charge is -2.26. The molecule has 1 saturated heterocycles. The molecule has 0 bridgehead atoms. The Morgan fingerprint density at radius 1 is 0.850 bits per heavy atom. The zero-order chi connectivity index (χ0) is 28.6. The maximum atomic E-state index is 13.3. The molecule has 0 radical (unpaired) electrons. The first-order valence-corrected chi connectivity index (χ1v) is 13.5. The minimum absolute atomic E-state index is 0.199. The van der Waals surface area contributed by atoms with E-state index in [0.717, 1.165) is 23.3 Å². The Morgan fingerprint density at radius 3 is 2.33 bits per heavy atom. The van der Waals surface area contributed by atoms with Gasteiger partial charge in [-0.3, -0.25) is 14.9 Å². The first kappa shape index (κ1) is 29.0. The number of nitrogens with zero attached hydrogens (tertiary/aromatic N) is 1. The predicted octanol–water partition coefficient (Wildman–Crippen LogP) is 6.82. The highest BCUT2D eigenvalue weighted by atomic mass is 35.5. The molecule has 1 N–H and O–H groups in total. The number of unbranched alkanes of at least 4 members (excludes halogenated alkanes) is 1. The molecular formula is C30H28Cl2N2O6. The second-order valence-corrected chi connectivity index (χ2v) is 9.64. The van der Waals surface area contributed by atoms with Crippen molar-refractivity contribution in [2.24, 2.45) is 0 Å². The van der Waals surface area contributed by atoms with E-state index in [1.165, 1.54) is 6.08 Å². The van der Waals surface area contributed by atoms with Gasteiger partial charge in [0.1, 0.15) is 17.9 Å². The number of carbonyl (C=O) groups is 3. The number of rotatable bonds is 11. The van der Waals surface area contributed by atoms with Gasteiger partial charge in [-0.15, -0.1) is 0 Å². The molecule has 0 aromatic heterocycles. The van der Waals surface area contributed by atoms with Crippen molar-refractivity contribution in [1.82, 2.24) is 5.32 Å². The number of amides is 4. The molecule has 3 aromatic carbocycles. The minimum atomic E-state index is -0.826. The maximum Gasteiger partial charge on any atom is 0.335 e. The highest BCUT2D eigenvalue weighted by Crippen LogP contribution is 2.32. The van der Waals surface area contributed by atoms with Gasteiger partial charge in [-0.1, -0.05) is 48.7 Å². The molecule has 40 heavy (non-hydrogen) atoms. The summed E-state index contributed by atoms with van der Waals surface area (Å²) in [6, 6.07) is 16.0. The Balaban J connectivity index is 1.55. The standard InChI is InChI=1S/C30H28Cl2N2O6/c1-3-5-14-39-22-10-8-21(9-11-22)34-29(36)23(28(35)33-30(34)37)15-19-7-13-26(27(17-19)38-4-2)40-18-20-6-12-24(31)25(32)16-20/h6-13,15-17H,3-5,14,18H2,1-2H3,(H,33,35,37)/b23-15-. The minimum Gasteiger partial charge on any atom is -0.494 e. The van der Waals surface area contributed by atoms with Gasteiger partial charge in [0.15, 0.2) is 11.5 Å². The number of benzene rings is 3. The molecular weight excluding hydrogens is 555 g/mol. The average molecular weight is 583 g/mol.